The van der Waals surface area contributed by atoms with E-state index in [2.05, 4.69) is 0 Å². The first-order chi connectivity index (χ1) is 9.88. The summed E-state index contributed by atoms with van der Waals surface area (Å²) in [5, 5.41) is 10.5. The number of aromatic hydroxyl groups is 1. The number of hydrogen-bond acceptors (Lipinski definition) is 3. The molecular weight excluding hydrogens is 293 g/mol. The predicted octanol–water partition coefficient (Wildman–Crippen LogP) is 4.02. The van der Waals surface area contributed by atoms with Gasteiger partial charge in [0.2, 0.25) is 0 Å². The zero-order valence-corrected chi connectivity index (χ0v) is 12.5. The summed E-state index contributed by atoms with van der Waals surface area (Å²) in [6.07, 6.45) is 0. The summed E-state index contributed by atoms with van der Waals surface area (Å²) < 4.78 is 12.9. The van der Waals surface area contributed by atoms with Gasteiger partial charge in [-0.3, -0.25) is 4.79 Å². The molecule has 0 aliphatic rings. The molecule has 0 aromatic heterocycles. The Labute approximate surface area is 127 Å². The number of carbonyl (C=O) groups excluding carboxylic acids is 1. The second kappa shape index (κ2) is 6.14. The van der Waals surface area contributed by atoms with Gasteiger partial charge in [0, 0.05) is 29.9 Å². The largest absolute Gasteiger partial charge is 0.507 e. The van der Waals surface area contributed by atoms with Crippen LogP contribution in [0.5, 0.6) is 5.75 Å². The van der Waals surface area contributed by atoms with Gasteiger partial charge in [-0.15, -0.1) is 0 Å². The van der Waals surface area contributed by atoms with Crippen molar-refractivity contribution in [2.24, 2.45) is 0 Å². The number of halogens is 2. The van der Waals surface area contributed by atoms with Crippen molar-refractivity contribution in [3.05, 3.63) is 58.4 Å². The molecule has 0 heterocycles. The normalized spacial score (nSPS) is 10.5. The fourth-order valence-electron chi connectivity index (χ4n) is 2.09. The second-order valence-corrected chi connectivity index (χ2v) is 5.29. The van der Waals surface area contributed by atoms with Crippen molar-refractivity contribution in [3.63, 3.8) is 0 Å². The maximum Gasteiger partial charge on any atom is 0.163 e. The number of Topliss-reactive ketones (excluding diaryl/α,β-unsaturated/α-hetero) is 1. The average Bonchev–Trinajstić information content (AvgIpc) is 2.42. The topological polar surface area (TPSA) is 40.5 Å². The van der Waals surface area contributed by atoms with E-state index in [9.17, 15) is 14.3 Å². The van der Waals surface area contributed by atoms with E-state index >= 15 is 0 Å². The van der Waals surface area contributed by atoms with Gasteiger partial charge in [-0.2, -0.15) is 0 Å². The lowest BCUT2D eigenvalue weighted by atomic mass is 10.1. The zero-order chi connectivity index (χ0) is 15.6. The smallest absolute Gasteiger partial charge is 0.163 e. The Kier molecular flexibility index (Phi) is 4.48. The van der Waals surface area contributed by atoms with Crippen molar-refractivity contribution < 1.29 is 14.3 Å². The van der Waals surface area contributed by atoms with Crippen molar-refractivity contribution >= 4 is 23.1 Å². The number of phenols is 1. The van der Waals surface area contributed by atoms with Crippen LogP contribution in [-0.4, -0.2) is 17.9 Å². The van der Waals surface area contributed by atoms with Crippen molar-refractivity contribution in [1.82, 2.24) is 0 Å². The van der Waals surface area contributed by atoms with Gasteiger partial charge in [0.05, 0.1) is 5.56 Å². The van der Waals surface area contributed by atoms with Crippen LogP contribution in [0.15, 0.2) is 36.4 Å². The van der Waals surface area contributed by atoms with Crippen LogP contribution in [0.25, 0.3) is 0 Å². The highest BCUT2D eigenvalue weighted by molar-refractivity contribution is 6.31. The molecule has 0 fully saturated rings. The lowest BCUT2D eigenvalue weighted by Gasteiger charge is -2.20. The molecule has 0 spiro atoms. The highest BCUT2D eigenvalue weighted by Gasteiger charge is 2.14. The first-order valence-corrected chi connectivity index (χ1v) is 6.75. The third kappa shape index (κ3) is 3.52. The summed E-state index contributed by atoms with van der Waals surface area (Å²) in [6.45, 7) is 1.72. The lowest BCUT2D eigenvalue weighted by Crippen LogP contribution is -2.16. The van der Waals surface area contributed by atoms with Crippen molar-refractivity contribution in [2.45, 2.75) is 13.5 Å². The fraction of sp³-hybridized carbons (Fsp3) is 0.188. The molecule has 2 rings (SSSR count). The first kappa shape index (κ1) is 15.3. The van der Waals surface area contributed by atoms with Crippen LogP contribution >= 0.6 is 11.6 Å². The molecule has 3 nitrogen and oxygen atoms in total. The molecule has 1 N–H and O–H groups in total. The molecule has 5 heteroatoms. The Bertz CT molecular complexity index is 671. The van der Waals surface area contributed by atoms with Crippen molar-refractivity contribution in [2.75, 3.05) is 11.9 Å². The minimum absolute atomic E-state index is 0.0686. The Morgan fingerprint density at radius 2 is 1.90 bits per heavy atom. The van der Waals surface area contributed by atoms with E-state index in [0.717, 1.165) is 5.69 Å². The van der Waals surface area contributed by atoms with Crippen LogP contribution in [-0.2, 0) is 6.54 Å². The molecule has 0 amide bonds. The molecule has 0 bridgehead atoms. The Morgan fingerprint density at radius 1 is 1.29 bits per heavy atom. The van der Waals surface area contributed by atoms with E-state index in [4.69, 9.17) is 11.6 Å². The summed E-state index contributed by atoms with van der Waals surface area (Å²) in [6, 6.07) is 9.07. The van der Waals surface area contributed by atoms with Gasteiger partial charge in [-0.1, -0.05) is 11.6 Å². The van der Waals surface area contributed by atoms with Crippen LogP contribution in [0.1, 0.15) is 22.8 Å². The summed E-state index contributed by atoms with van der Waals surface area (Å²) in [5.41, 5.74) is 1.53. The predicted molar refractivity (Wildman–Crippen MR) is 81.6 cm³/mol. The average molecular weight is 308 g/mol. The number of benzene rings is 2. The molecule has 110 valence electrons. The summed E-state index contributed by atoms with van der Waals surface area (Å²) in [7, 11) is 1.81. The minimum atomic E-state index is -0.309. The molecule has 0 radical (unpaired) electrons. The summed E-state index contributed by atoms with van der Waals surface area (Å²) >= 11 is 5.98. The van der Waals surface area contributed by atoms with E-state index in [1.165, 1.54) is 25.1 Å². The van der Waals surface area contributed by atoms with Crippen LogP contribution in [0, 0.1) is 5.82 Å². The standard InChI is InChI=1S/C16H15ClFNO2/c1-10(20)15-8-12(17)7-11(16(15)21)9-19(2)14-5-3-13(18)4-6-14/h3-8,21H,9H2,1-2H3. The third-order valence-corrected chi connectivity index (χ3v) is 3.43. The van der Waals surface area contributed by atoms with E-state index in [1.807, 2.05) is 4.90 Å². The zero-order valence-electron chi connectivity index (χ0n) is 11.7. The summed E-state index contributed by atoms with van der Waals surface area (Å²) in [5.74, 6) is -0.627. The third-order valence-electron chi connectivity index (χ3n) is 3.21. The Hall–Kier alpha value is -2.07. The van der Waals surface area contributed by atoms with E-state index in [-0.39, 0.29) is 22.9 Å². The molecule has 0 aliphatic heterocycles. The molecular formula is C16H15ClFNO2. The van der Waals surface area contributed by atoms with Gasteiger partial charge < -0.3 is 10.0 Å². The second-order valence-electron chi connectivity index (χ2n) is 4.85. The number of phenolic OH excluding ortho intramolecular Hbond substituents is 1. The molecule has 21 heavy (non-hydrogen) atoms. The van der Waals surface area contributed by atoms with Crippen molar-refractivity contribution in [1.29, 1.82) is 0 Å². The van der Waals surface area contributed by atoms with Gasteiger partial charge in [-0.25, -0.2) is 4.39 Å². The van der Waals surface area contributed by atoms with Gasteiger partial charge >= 0.3 is 0 Å². The minimum Gasteiger partial charge on any atom is -0.507 e. The number of nitrogens with zero attached hydrogens (tertiary/aromatic N) is 1. The van der Waals surface area contributed by atoms with Gasteiger partial charge in [-0.05, 0) is 43.3 Å². The number of rotatable bonds is 4. The number of hydrogen-bond donors (Lipinski definition) is 1. The fourth-order valence-corrected chi connectivity index (χ4v) is 2.33. The van der Waals surface area contributed by atoms with Crippen LogP contribution in [0.3, 0.4) is 0 Å². The monoisotopic (exact) mass is 307 g/mol. The Balaban J connectivity index is 2.30. The quantitative estimate of drug-likeness (QED) is 0.867. The maximum atomic E-state index is 12.9. The molecule has 2 aromatic carbocycles. The number of carbonyl (C=O) groups is 1. The van der Waals surface area contributed by atoms with E-state index in [1.54, 1.807) is 25.2 Å². The summed E-state index contributed by atoms with van der Waals surface area (Å²) in [4.78, 5) is 13.3. The highest BCUT2D eigenvalue weighted by Crippen LogP contribution is 2.29. The molecule has 0 saturated heterocycles. The van der Waals surface area contributed by atoms with Crippen molar-refractivity contribution in [3.8, 4) is 5.75 Å². The molecule has 0 unspecified atom stereocenters. The van der Waals surface area contributed by atoms with Gasteiger partial charge in [0.25, 0.3) is 0 Å². The van der Waals surface area contributed by atoms with E-state index < -0.39 is 0 Å². The van der Waals surface area contributed by atoms with E-state index in [0.29, 0.717) is 17.1 Å². The van der Waals surface area contributed by atoms with Gasteiger partial charge in [0.1, 0.15) is 11.6 Å². The highest BCUT2D eigenvalue weighted by atomic mass is 35.5. The molecule has 0 atom stereocenters. The first-order valence-electron chi connectivity index (χ1n) is 6.37. The lowest BCUT2D eigenvalue weighted by molar-refractivity contribution is 0.101. The van der Waals surface area contributed by atoms with Crippen LogP contribution in [0.2, 0.25) is 5.02 Å². The maximum absolute atomic E-state index is 12.9. The van der Waals surface area contributed by atoms with Gasteiger partial charge in [0.15, 0.2) is 5.78 Å². The molecule has 0 saturated carbocycles. The number of ketones is 1. The number of anilines is 1. The van der Waals surface area contributed by atoms with Crippen LogP contribution in [0.4, 0.5) is 10.1 Å². The molecule has 0 aliphatic carbocycles. The van der Waals surface area contributed by atoms with Crippen LogP contribution < -0.4 is 4.90 Å². The SMILES string of the molecule is CC(=O)c1cc(Cl)cc(CN(C)c2ccc(F)cc2)c1O. The Morgan fingerprint density at radius 3 is 2.48 bits per heavy atom. The molecule has 2 aromatic rings.